The molecule has 1 aromatic rings. The molecule has 4 nitrogen and oxygen atoms in total. The molecule has 1 N–H and O–H groups in total. The predicted octanol–water partition coefficient (Wildman–Crippen LogP) is 1.06. The summed E-state index contributed by atoms with van der Waals surface area (Å²) in [5.74, 6) is 0. The molecule has 13 heavy (non-hydrogen) atoms. The van der Waals surface area contributed by atoms with E-state index in [9.17, 15) is 8.42 Å². The van der Waals surface area contributed by atoms with Gasteiger partial charge in [-0.05, 0) is 18.1 Å². The van der Waals surface area contributed by atoms with Gasteiger partial charge in [0.2, 0.25) is 0 Å². The Kier molecular flexibility index (Phi) is 2.79. The van der Waals surface area contributed by atoms with Crippen LogP contribution in [0.1, 0.15) is 5.56 Å². The number of hydrogen-bond donors (Lipinski definition) is 1. The molecule has 70 valence electrons. The highest BCUT2D eigenvalue weighted by Gasteiger charge is 2.14. The Labute approximate surface area is 76.7 Å². The minimum absolute atomic E-state index is 0.296. The van der Waals surface area contributed by atoms with Crippen LogP contribution in [0.15, 0.2) is 36.0 Å². The Hall–Kier alpha value is -1.20. The molecule has 0 aliphatic rings. The highest BCUT2D eigenvalue weighted by atomic mass is 32.2. The number of aromatic nitrogens is 1. The topological polar surface area (TPSA) is 67.3 Å². The largest absolute Gasteiger partial charge is 0.312 e. The van der Waals surface area contributed by atoms with Gasteiger partial charge in [-0.15, -0.1) is 6.58 Å². The first-order valence-electron chi connectivity index (χ1n) is 3.58. The first kappa shape index (κ1) is 9.88. The van der Waals surface area contributed by atoms with Crippen molar-refractivity contribution in [3.05, 3.63) is 36.5 Å². The van der Waals surface area contributed by atoms with Gasteiger partial charge in [-0.3, -0.25) is 4.55 Å². The third-order valence-corrected chi connectivity index (χ3v) is 2.31. The van der Waals surface area contributed by atoms with Crippen molar-refractivity contribution in [3.63, 3.8) is 0 Å². The molecule has 0 aliphatic carbocycles. The Bertz CT molecular complexity index is 411. The summed E-state index contributed by atoms with van der Waals surface area (Å²) in [4.78, 5) is 3.58. The molecular formula is C8H9NO3S. The zero-order valence-electron chi connectivity index (χ0n) is 6.84. The zero-order valence-corrected chi connectivity index (χ0v) is 7.66. The summed E-state index contributed by atoms with van der Waals surface area (Å²) in [7, 11) is -4.21. The fraction of sp³-hybridized carbons (Fsp3) is 0.125. The van der Waals surface area contributed by atoms with Gasteiger partial charge in [0.15, 0.2) is 5.03 Å². The SMILES string of the molecule is C=CCc1cccnc1S(=O)(=O)O. The van der Waals surface area contributed by atoms with Crippen LogP contribution >= 0.6 is 0 Å². The van der Waals surface area contributed by atoms with Gasteiger partial charge in [0.25, 0.3) is 0 Å². The number of allylic oxidation sites excluding steroid dienone is 1. The minimum Gasteiger partial charge on any atom is -0.281 e. The lowest BCUT2D eigenvalue weighted by Crippen LogP contribution is -2.05. The van der Waals surface area contributed by atoms with Crippen LogP contribution in [0.2, 0.25) is 0 Å². The van der Waals surface area contributed by atoms with E-state index in [0.717, 1.165) is 0 Å². The Morgan fingerprint density at radius 3 is 2.85 bits per heavy atom. The number of nitrogens with zero attached hydrogens (tertiary/aromatic N) is 1. The average Bonchev–Trinajstić information content (AvgIpc) is 2.04. The van der Waals surface area contributed by atoms with Crippen molar-refractivity contribution in [3.8, 4) is 0 Å². The van der Waals surface area contributed by atoms with Gasteiger partial charge in [0, 0.05) is 6.20 Å². The molecule has 0 saturated heterocycles. The summed E-state index contributed by atoms with van der Waals surface area (Å²) in [5, 5.41) is -0.296. The molecule has 1 heterocycles. The third kappa shape index (κ3) is 2.37. The van der Waals surface area contributed by atoms with Crippen molar-refractivity contribution in [2.45, 2.75) is 11.4 Å². The van der Waals surface area contributed by atoms with Crippen LogP contribution < -0.4 is 0 Å². The van der Waals surface area contributed by atoms with Crippen molar-refractivity contribution < 1.29 is 13.0 Å². The molecule has 0 amide bonds. The molecule has 0 aliphatic heterocycles. The van der Waals surface area contributed by atoms with Crippen LogP contribution in [0.5, 0.6) is 0 Å². The lowest BCUT2D eigenvalue weighted by atomic mass is 10.2. The van der Waals surface area contributed by atoms with Crippen LogP contribution in [0, 0.1) is 0 Å². The summed E-state index contributed by atoms with van der Waals surface area (Å²) in [5.41, 5.74) is 0.444. The first-order chi connectivity index (χ1) is 6.05. The molecule has 0 spiro atoms. The summed E-state index contributed by atoms with van der Waals surface area (Å²) < 4.78 is 30.3. The van der Waals surface area contributed by atoms with E-state index in [-0.39, 0.29) is 5.03 Å². The Morgan fingerprint density at radius 2 is 2.31 bits per heavy atom. The van der Waals surface area contributed by atoms with Crippen molar-refractivity contribution in [2.75, 3.05) is 0 Å². The molecule has 1 rings (SSSR count). The van der Waals surface area contributed by atoms with Gasteiger partial charge >= 0.3 is 10.1 Å². The fourth-order valence-electron chi connectivity index (χ4n) is 0.967. The van der Waals surface area contributed by atoms with E-state index in [1.807, 2.05) is 0 Å². The Morgan fingerprint density at radius 1 is 1.62 bits per heavy atom. The molecular weight excluding hydrogens is 190 g/mol. The van der Waals surface area contributed by atoms with Crippen LogP contribution in [0.4, 0.5) is 0 Å². The van der Waals surface area contributed by atoms with E-state index in [1.54, 1.807) is 18.2 Å². The van der Waals surface area contributed by atoms with E-state index in [2.05, 4.69) is 11.6 Å². The molecule has 0 bridgehead atoms. The van der Waals surface area contributed by atoms with Gasteiger partial charge in [-0.1, -0.05) is 12.1 Å². The van der Waals surface area contributed by atoms with Crippen LogP contribution in [0.3, 0.4) is 0 Å². The number of rotatable bonds is 3. The van der Waals surface area contributed by atoms with Gasteiger partial charge in [0.1, 0.15) is 0 Å². The predicted molar refractivity (Wildman–Crippen MR) is 48.0 cm³/mol. The van der Waals surface area contributed by atoms with Crippen LogP contribution in [-0.2, 0) is 16.5 Å². The monoisotopic (exact) mass is 199 g/mol. The highest BCUT2D eigenvalue weighted by molar-refractivity contribution is 7.85. The molecule has 0 atom stereocenters. The van der Waals surface area contributed by atoms with Crippen molar-refractivity contribution in [1.82, 2.24) is 4.98 Å². The molecule has 0 aromatic carbocycles. The van der Waals surface area contributed by atoms with Gasteiger partial charge in [-0.2, -0.15) is 8.42 Å². The van der Waals surface area contributed by atoms with Crippen molar-refractivity contribution >= 4 is 10.1 Å². The summed E-state index contributed by atoms with van der Waals surface area (Å²) >= 11 is 0. The van der Waals surface area contributed by atoms with Gasteiger partial charge in [0.05, 0.1) is 0 Å². The summed E-state index contributed by atoms with van der Waals surface area (Å²) in [6, 6.07) is 3.19. The molecule has 1 aromatic heterocycles. The lowest BCUT2D eigenvalue weighted by Gasteiger charge is -2.01. The van der Waals surface area contributed by atoms with Crippen LogP contribution in [0.25, 0.3) is 0 Å². The van der Waals surface area contributed by atoms with E-state index in [1.165, 1.54) is 6.20 Å². The second kappa shape index (κ2) is 3.68. The molecule has 0 radical (unpaired) electrons. The summed E-state index contributed by atoms with van der Waals surface area (Å²) in [6.07, 6.45) is 3.23. The molecule has 0 fully saturated rings. The molecule has 5 heteroatoms. The normalized spacial score (nSPS) is 11.2. The van der Waals surface area contributed by atoms with E-state index in [4.69, 9.17) is 4.55 Å². The maximum Gasteiger partial charge on any atom is 0.312 e. The second-order valence-electron chi connectivity index (χ2n) is 2.44. The molecule has 0 saturated carbocycles. The standard InChI is InChI=1S/C8H9NO3S/c1-2-4-7-5-3-6-9-8(7)13(10,11)12/h2-3,5-6H,1,4H2,(H,10,11,12). The van der Waals surface area contributed by atoms with Crippen molar-refractivity contribution in [2.24, 2.45) is 0 Å². The second-order valence-corrected chi connectivity index (χ2v) is 3.77. The van der Waals surface area contributed by atoms with E-state index < -0.39 is 10.1 Å². The third-order valence-electron chi connectivity index (χ3n) is 1.46. The molecule has 0 unspecified atom stereocenters. The minimum atomic E-state index is -4.21. The van der Waals surface area contributed by atoms with Crippen molar-refractivity contribution in [1.29, 1.82) is 0 Å². The fourth-order valence-corrected chi connectivity index (χ4v) is 1.64. The van der Waals surface area contributed by atoms with Gasteiger partial charge in [-0.25, -0.2) is 4.98 Å². The summed E-state index contributed by atoms with van der Waals surface area (Å²) in [6.45, 7) is 3.47. The zero-order chi connectivity index (χ0) is 9.90. The highest BCUT2D eigenvalue weighted by Crippen LogP contribution is 2.12. The number of pyridine rings is 1. The number of hydrogen-bond acceptors (Lipinski definition) is 3. The van der Waals surface area contributed by atoms with Gasteiger partial charge < -0.3 is 0 Å². The van der Waals surface area contributed by atoms with E-state index >= 15 is 0 Å². The first-order valence-corrected chi connectivity index (χ1v) is 5.02. The Balaban J connectivity index is 3.28. The average molecular weight is 199 g/mol. The maximum atomic E-state index is 10.8. The smallest absolute Gasteiger partial charge is 0.281 e. The quantitative estimate of drug-likeness (QED) is 0.583. The van der Waals surface area contributed by atoms with E-state index in [0.29, 0.717) is 12.0 Å². The lowest BCUT2D eigenvalue weighted by molar-refractivity contribution is 0.478. The maximum absolute atomic E-state index is 10.8. The van der Waals surface area contributed by atoms with Crippen LogP contribution in [-0.4, -0.2) is 18.0 Å².